The lowest BCUT2D eigenvalue weighted by molar-refractivity contribution is 0.106. The maximum atomic E-state index is 9.85. The minimum atomic E-state index is -0.458. The first-order valence-corrected chi connectivity index (χ1v) is 8.69. The molecule has 0 aliphatic rings. The lowest BCUT2D eigenvalue weighted by Crippen LogP contribution is -2.32. The molecule has 0 saturated heterocycles. The van der Waals surface area contributed by atoms with Gasteiger partial charge in [0.2, 0.25) is 0 Å². The van der Waals surface area contributed by atoms with E-state index < -0.39 is 6.10 Å². The molecule has 0 bridgehead atoms. The number of ether oxygens (including phenoxy) is 1. The van der Waals surface area contributed by atoms with Crippen molar-refractivity contribution in [3.05, 3.63) is 29.8 Å². The number of thioether (sulfide) groups is 1. The summed E-state index contributed by atoms with van der Waals surface area (Å²) in [7, 11) is 0. The molecule has 0 aliphatic carbocycles. The van der Waals surface area contributed by atoms with Crippen LogP contribution in [0.25, 0.3) is 0 Å². The average Bonchev–Trinajstić information content (AvgIpc) is 2.45. The van der Waals surface area contributed by atoms with Crippen molar-refractivity contribution in [1.29, 1.82) is 0 Å². The minimum Gasteiger partial charge on any atom is -0.491 e. The summed E-state index contributed by atoms with van der Waals surface area (Å²) >= 11 is 1.90. The number of rotatable bonds is 11. The Hall–Kier alpha value is -0.710. The van der Waals surface area contributed by atoms with Crippen molar-refractivity contribution in [2.24, 2.45) is 0 Å². The summed E-state index contributed by atoms with van der Waals surface area (Å²) in [6.07, 6.45) is 5.39. The van der Waals surface area contributed by atoms with Crippen molar-refractivity contribution < 1.29 is 9.84 Å². The normalized spacial score (nSPS) is 12.3. The van der Waals surface area contributed by atoms with Crippen LogP contribution >= 0.6 is 11.8 Å². The van der Waals surface area contributed by atoms with E-state index in [1.165, 1.54) is 25.0 Å². The first-order valence-electron chi connectivity index (χ1n) is 7.30. The molecule has 0 aliphatic heterocycles. The largest absolute Gasteiger partial charge is 0.491 e. The third kappa shape index (κ3) is 7.78. The fourth-order valence-corrected chi connectivity index (χ4v) is 2.40. The fraction of sp³-hybridized carbons (Fsp3) is 0.625. The van der Waals surface area contributed by atoms with E-state index in [-0.39, 0.29) is 0 Å². The molecule has 0 fully saturated rings. The number of aliphatic hydroxyl groups excluding tert-OH is 1. The smallest absolute Gasteiger partial charge is 0.122 e. The van der Waals surface area contributed by atoms with E-state index in [4.69, 9.17) is 4.74 Å². The summed E-state index contributed by atoms with van der Waals surface area (Å²) in [6.45, 7) is 3.91. The number of para-hydroxylation sites is 1. The molecule has 1 rings (SSSR count). The number of unbranched alkanes of at least 4 members (excludes halogenated alkanes) is 2. The molecular weight excluding hydrogens is 270 g/mol. The molecule has 114 valence electrons. The molecule has 0 radical (unpaired) electrons. The zero-order valence-corrected chi connectivity index (χ0v) is 13.4. The number of aliphatic hydroxyl groups is 1. The highest BCUT2D eigenvalue weighted by molar-refractivity contribution is 7.98. The predicted octanol–water partition coefficient (Wildman–Crippen LogP) is 2.86. The van der Waals surface area contributed by atoms with E-state index in [9.17, 15) is 5.11 Å². The van der Waals surface area contributed by atoms with E-state index in [0.29, 0.717) is 13.2 Å². The van der Waals surface area contributed by atoms with Gasteiger partial charge in [-0.05, 0) is 49.9 Å². The molecule has 4 heteroatoms. The van der Waals surface area contributed by atoms with Crippen LogP contribution in [0.5, 0.6) is 5.75 Å². The quantitative estimate of drug-likeness (QED) is 0.616. The van der Waals surface area contributed by atoms with Gasteiger partial charge in [-0.15, -0.1) is 0 Å². The second kappa shape index (κ2) is 11.0. The summed E-state index contributed by atoms with van der Waals surface area (Å²) in [5.74, 6) is 2.09. The van der Waals surface area contributed by atoms with Crippen LogP contribution in [0.2, 0.25) is 0 Å². The van der Waals surface area contributed by atoms with Crippen molar-refractivity contribution in [3.63, 3.8) is 0 Å². The Morgan fingerprint density at radius 1 is 1.25 bits per heavy atom. The number of hydrogen-bond donors (Lipinski definition) is 2. The molecule has 3 nitrogen and oxygen atoms in total. The standard InChI is InChI=1S/C16H27NO2S/c1-14-8-4-5-9-16(14)19-13-15(18)12-17-10-6-3-7-11-20-2/h4-5,8-9,15,17-18H,3,6-7,10-13H2,1-2H3. The molecule has 0 saturated carbocycles. The first kappa shape index (κ1) is 17.3. The Bertz CT molecular complexity index is 360. The van der Waals surface area contributed by atoms with Gasteiger partial charge < -0.3 is 15.2 Å². The molecule has 20 heavy (non-hydrogen) atoms. The Morgan fingerprint density at radius 3 is 2.80 bits per heavy atom. The maximum Gasteiger partial charge on any atom is 0.122 e. The molecule has 0 heterocycles. The number of hydrogen-bond acceptors (Lipinski definition) is 4. The van der Waals surface area contributed by atoms with Gasteiger partial charge in [0.15, 0.2) is 0 Å². The summed E-state index contributed by atoms with van der Waals surface area (Å²) in [6, 6.07) is 7.87. The van der Waals surface area contributed by atoms with Crippen molar-refractivity contribution in [1.82, 2.24) is 5.32 Å². The van der Waals surface area contributed by atoms with E-state index in [0.717, 1.165) is 17.9 Å². The number of nitrogens with one attached hydrogen (secondary N) is 1. The lowest BCUT2D eigenvalue weighted by Gasteiger charge is -2.14. The minimum absolute atomic E-state index is 0.338. The molecule has 2 N–H and O–H groups in total. The van der Waals surface area contributed by atoms with Gasteiger partial charge in [-0.3, -0.25) is 0 Å². The van der Waals surface area contributed by atoms with Crippen molar-refractivity contribution in [3.8, 4) is 5.75 Å². The maximum absolute atomic E-state index is 9.85. The van der Waals surface area contributed by atoms with Crippen LogP contribution in [0.4, 0.5) is 0 Å². The highest BCUT2D eigenvalue weighted by Crippen LogP contribution is 2.16. The van der Waals surface area contributed by atoms with Crippen LogP contribution in [0.1, 0.15) is 24.8 Å². The summed E-state index contributed by atoms with van der Waals surface area (Å²) in [4.78, 5) is 0. The van der Waals surface area contributed by atoms with Crippen molar-refractivity contribution >= 4 is 11.8 Å². The SMILES string of the molecule is CSCCCCCNCC(O)COc1ccccc1C. The van der Waals surface area contributed by atoms with Crippen LogP contribution < -0.4 is 10.1 Å². The monoisotopic (exact) mass is 297 g/mol. The molecule has 1 aromatic rings. The topological polar surface area (TPSA) is 41.5 Å². The van der Waals surface area contributed by atoms with Crippen molar-refractivity contribution in [2.45, 2.75) is 32.3 Å². The Labute approximate surface area is 127 Å². The molecular formula is C16H27NO2S. The highest BCUT2D eigenvalue weighted by atomic mass is 32.2. The van der Waals surface area contributed by atoms with E-state index >= 15 is 0 Å². The highest BCUT2D eigenvalue weighted by Gasteiger charge is 2.05. The third-order valence-electron chi connectivity index (χ3n) is 3.11. The predicted molar refractivity (Wildman–Crippen MR) is 87.8 cm³/mol. The van der Waals surface area contributed by atoms with Gasteiger partial charge >= 0.3 is 0 Å². The molecule has 0 spiro atoms. The van der Waals surface area contributed by atoms with Crippen LogP contribution in [0.15, 0.2) is 24.3 Å². The fourth-order valence-electron chi connectivity index (χ4n) is 1.91. The van der Waals surface area contributed by atoms with Crippen LogP contribution in [-0.4, -0.2) is 42.9 Å². The molecule has 0 aromatic heterocycles. The average molecular weight is 297 g/mol. The van der Waals surface area contributed by atoms with Crippen LogP contribution in [0, 0.1) is 6.92 Å². The molecule has 1 unspecified atom stereocenters. The van der Waals surface area contributed by atoms with E-state index in [1.807, 2.05) is 43.0 Å². The first-order chi connectivity index (χ1) is 9.74. The zero-order valence-electron chi connectivity index (χ0n) is 12.6. The van der Waals surface area contributed by atoms with Gasteiger partial charge in [-0.1, -0.05) is 24.6 Å². The van der Waals surface area contributed by atoms with Gasteiger partial charge in [-0.2, -0.15) is 11.8 Å². The Balaban J connectivity index is 2.03. The summed E-state index contributed by atoms with van der Waals surface area (Å²) in [5, 5.41) is 13.1. The third-order valence-corrected chi connectivity index (χ3v) is 3.80. The summed E-state index contributed by atoms with van der Waals surface area (Å²) in [5.41, 5.74) is 1.10. The van der Waals surface area contributed by atoms with Crippen LogP contribution in [-0.2, 0) is 0 Å². The molecule has 0 amide bonds. The molecule has 1 aromatic carbocycles. The summed E-state index contributed by atoms with van der Waals surface area (Å²) < 4.78 is 5.62. The van der Waals surface area contributed by atoms with Crippen molar-refractivity contribution in [2.75, 3.05) is 31.7 Å². The van der Waals surface area contributed by atoms with Gasteiger partial charge in [0, 0.05) is 6.54 Å². The Morgan fingerprint density at radius 2 is 2.05 bits per heavy atom. The molecule has 1 atom stereocenters. The van der Waals surface area contributed by atoms with Crippen LogP contribution in [0.3, 0.4) is 0 Å². The van der Waals surface area contributed by atoms with E-state index in [2.05, 4.69) is 11.6 Å². The van der Waals surface area contributed by atoms with E-state index in [1.54, 1.807) is 0 Å². The van der Waals surface area contributed by atoms with Gasteiger partial charge in [-0.25, -0.2) is 0 Å². The second-order valence-electron chi connectivity index (χ2n) is 4.99. The van der Waals surface area contributed by atoms with Gasteiger partial charge in [0.25, 0.3) is 0 Å². The number of benzene rings is 1. The lowest BCUT2D eigenvalue weighted by atomic mass is 10.2. The zero-order chi connectivity index (χ0) is 14.6. The number of aryl methyl sites for hydroxylation is 1. The second-order valence-corrected chi connectivity index (χ2v) is 5.97. The van der Waals surface area contributed by atoms with Gasteiger partial charge in [0.05, 0.1) is 0 Å². The van der Waals surface area contributed by atoms with Gasteiger partial charge in [0.1, 0.15) is 18.5 Å². The Kier molecular flexibility index (Phi) is 9.54.